The molecule has 0 aliphatic carbocycles. The summed E-state index contributed by atoms with van der Waals surface area (Å²) in [7, 11) is 0. The van der Waals surface area contributed by atoms with Crippen LogP contribution < -0.4 is 10.2 Å². The Kier molecular flexibility index (Phi) is 8.06. The van der Waals surface area contributed by atoms with E-state index in [1.54, 1.807) is 32.9 Å². The smallest absolute Gasteiger partial charge is 0.408 e. The lowest BCUT2D eigenvalue weighted by molar-refractivity contribution is -0.145. The molecule has 1 aliphatic rings. The van der Waals surface area contributed by atoms with Gasteiger partial charge in [0.25, 0.3) is 5.91 Å². The number of aromatic nitrogens is 1. The number of fused-ring (bicyclic) bond motifs is 1. The number of ether oxygens (including phenoxy) is 2. The van der Waals surface area contributed by atoms with Crippen molar-refractivity contribution in [3.63, 3.8) is 0 Å². The highest BCUT2D eigenvalue weighted by molar-refractivity contribution is 6.04. The summed E-state index contributed by atoms with van der Waals surface area (Å²) in [6, 6.07) is 10.1. The van der Waals surface area contributed by atoms with Crippen LogP contribution in [0.3, 0.4) is 0 Å². The van der Waals surface area contributed by atoms with Crippen LogP contribution in [-0.2, 0) is 36.9 Å². The summed E-state index contributed by atoms with van der Waals surface area (Å²) in [5, 5.41) is 12.2. The fraction of sp³-hybridized carbons (Fsp3) is 0.400. The number of rotatable bonds is 8. The van der Waals surface area contributed by atoms with E-state index in [0.717, 1.165) is 10.5 Å². The molecule has 0 saturated heterocycles. The van der Waals surface area contributed by atoms with Gasteiger partial charge in [-0.25, -0.2) is 14.6 Å². The van der Waals surface area contributed by atoms with Gasteiger partial charge in [0.1, 0.15) is 30.1 Å². The molecule has 2 N–H and O–H groups in total. The van der Waals surface area contributed by atoms with Gasteiger partial charge < -0.3 is 19.9 Å². The number of esters is 1. The lowest BCUT2D eigenvalue weighted by atomic mass is 10.1. The van der Waals surface area contributed by atoms with Crippen LogP contribution in [0.2, 0.25) is 0 Å². The number of carbonyl (C=O) groups excluding carboxylic acids is 3. The van der Waals surface area contributed by atoms with Gasteiger partial charge in [-0.15, -0.1) is 0 Å². The van der Waals surface area contributed by atoms with Crippen molar-refractivity contribution >= 4 is 29.8 Å². The second kappa shape index (κ2) is 11.0. The van der Waals surface area contributed by atoms with E-state index in [9.17, 15) is 24.3 Å². The molecule has 3 rings (SSSR count). The van der Waals surface area contributed by atoms with Gasteiger partial charge in [-0.1, -0.05) is 36.4 Å². The maximum absolute atomic E-state index is 13.5. The molecule has 0 bridgehead atoms. The van der Waals surface area contributed by atoms with Gasteiger partial charge in [0, 0.05) is 19.0 Å². The van der Waals surface area contributed by atoms with Crippen LogP contribution in [0.1, 0.15) is 44.7 Å². The van der Waals surface area contributed by atoms with E-state index in [4.69, 9.17) is 9.47 Å². The Hall–Kier alpha value is -3.95. The highest BCUT2D eigenvalue weighted by Crippen LogP contribution is 2.31. The molecule has 35 heavy (non-hydrogen) atoms. The van der Waals surface area contributed by atoms with Gasteiger partial charge >= 0.3 is 18.0 Å². The van der Waals surface area contributed by atoms with Gasteiger partial charge in [0.2, 0.25) is 0 Å². The number of anilines is 1. The van der Waals surface area contributed by atoms with Crippen LogP contribution in [0.4, 0.5) is 10.6 Å². The fourth-order valence-corrected chi connectivity index (χ4v) is 3.66. The molecular weight excluding hydrogens is 454 g/mol. The summed E-state index contributed by atoms with van der Waals surface area (Å²) < 4.78 is 10.5. The maximum atomic E-state index is 13.5. The summed E-state index contributed by atoms with van der Waals surface area (Å²) in [6.45, 7) is 5.09. The number of carboxylic acids is 1. The first-order valence-corrected chi connectivity index (χ1v) is 11.2. The molecule has 186 valence electrons. The third-order valence-corrected chi connectivity index (χ3v) is 5.21. The molecule has 2 aromatic rings. The number of benzene rings is 1. The third kappa shape index (κ3) is 7.02. The van der Waals surface area contributed by atoms with E-state index in [2.05, 4.69) is 10.3 Å². The first-order chi connectivity index (χ1) is 16.5. The van der Waals surface area contributed by atoms with Crippen molar-refractivity contribution in [3.8, 4) is 0 Å². The van der Waals surface area contributed by atoms with E-state index >= 15 is 0 Å². The lowest BCUT2D eigenvalue weighted by Crippen LogP contribution is -2.54. The number of carboxylic acid groups (broad SMARTS) is 1. The molecule has 1 aromatic heterocycles. The Morgan fingerprint density at radius 3 is 2.51 bits per heavy atom. The number of amides is 2. The number of nitrogens with one attached hydrogen (secondary N) is 1. The molecule has 10 heteroatoms. The number of hydrogen-bond acceptors (Lipinski definition) is 7. The predicted octanol–water partition coefficient (Wildman–Crippen LogP) is 2.84. The average Bonchev–Trinajstić information content (AvgIpc) is 3.19. The number of nitrogens with zero attached hydrogens (tertiary/aromatic N) is 2. The summed E-state index contributed by atoms with van der Waals surface area (Å²) in [6.07, 6.45) is 0.389. The molecular formula is C25H29N3O7. The zero-order valence-corrected chi connectivity index (χ0v) is 19.9. The van der Waals surface area contributed by atoms with Crippen LogP contribution >= 0.6 is 0 Å². The van der Waals surface area contributed by atoms with Gasteiger partial charge in [0.05, 0.1) is 0 Å². The highest BCUT2D eigenvalue weighted by atomic mass is 16.6. The van der Waals surface area contributed by atoms with Crippen molar-refractivity contribution in [1.29, 1.82) is 0 Å². The predicted molar refractivity (Wildman–Crippen MR) is 125 cm³/mol. The Labute approximate surface area is 203 Å². The lowest BCUT2D eigenvalue weighted by Gasteiger charge is -2.28. The topological polar surface area (TPSA) is 135 Å². The minimum absolute atomic E-state index is 0.0717. The number of alkyl carbamates (subject to hydrolysis) is 1. The van der Waals surface area contributed by atoms with Gasteiger partial charge in [-0.2, -0.15) is 0 Å². The van der Waals surface area contributed by atoms with Crippen LogP contribution in [0.15, 0.2) is 48.7 Å². The molecule has 0 saturated carbocycles. The molecule has 1 aromatic carbocycles. The largest absolute Gasteiger partial charge is 0.480 e. The third-order valence-electron chi connectivity index (χ3n) is 5.21. The minimum atomic E-state index is -1.23. The van der Waals surface area contributed by atoms with Gasteiger partial charge in [-0.3, -0.25) is 14.5 Å². The van der Waals surface area contributed by atoms with E-state index < -0.39 is 41.6 Å². The molecule has 0 spiro atoms. The molecule has 0 fully saturated rings. The first-order valence-electron chi connectivity index (χ1n) is 11.2. The molecule has 2 heterocycles. The zero-order chi connectivity index (χ0) is 25.6. The Morgan fingerprint density at radius 1 is 1.14 bits per heavy atom. The van der Waals surface area contributed by atoms with Gasteiger partial charge in [0.15, 0.2) is 0 Å². The molecule has 2 amide bonds. The minimum Gasteiger partial charge on any atom is -0.480 e. The number of aliphatic carboxylic acids is 1. The Morgan fingerprint density at radius 2 is 1.86 bits per heavy atom. The standard InChI is InChI=1S/C25H29N3O7/c1-25(2,3)35-24(33)27-18(11-12-20(29)34-15-16-8-5-4-6-9-16)22(30)28-19(23(31)32)14-17-10-7-13-26-21(17)28/h4-10,13,18-19H,11-12,14-15H2,1-3H3,(H,27,33)(H,31,32)/t18-,19?/m0/s1. The Bertz CT molecular complexity index is 1080. The molecule has 1 aliphatic heterocycles. The number of pyridine rings is 1. The molecule has 2 atom stereocenters. The van der Waals surface area contributed by atoms with Crippen molar-refractivity contribution in [3.05, 3.63) is 59.8 Å². The number of hydrogen-bond donors (Lipinski definition) is 2. The van der Waals surface area contributed by atoms with Crippen molar-refractivity contribution in [2.45, 2.75) is 64.3 Å². The maximum Gasteiger partial charge on any atom is 0.408 e. The summed E-state index contributed by atoms with van der Waals surface area (Å²) in [5.74, 6) is -2.24. The average molecular weight is 484 g/mol. The van der Waals surface area contributed by atoms with Crippen LogP contribution in [0.5, 0.6) is 0 Å². The number of carbonyl (C=O) groups is 4. The summed E-state index contributed by atoms with van der Waals surface area (Å²) in [4.78, 5) is 55.5. The summed E-state index contributed by atoms with van der Waals surface area (Å²) >= 11 is 0. The SMILES string of the molecule is CC(C)(C)OC(=O)N[C@@H](CCC(=O)OCc1ccccc1)C(=O)N1c2ncccc2CC1C(=O)O. The normalized spacial score (nSPS) is 15.6. The van der Waals surface area contributed by atoms with Crippen LogP contribution in [0, 0.1) is 0 Å². The van der Waals surface area contributed by atoms with E-state index in [0.29, 0.717) is 5.56 Å². The van der Waals surface area contributed by atoms with Crippen molar-refractivity contribution in [1.82, 2.24) is 10.3 Å². The van der Waals surface area contributed by atoms with E-state index in [1.807, 2.05) is 30.3 Å². The monoisotopic (exact) mass is 483 g/mol. The second-order valence-electron chi connectivity index (χ2n) is 9.14. The Balaban J connectivity index is 1.75. The molecule has 10 nitrogen and oxygen atoms in total. The van der Waals surface area contributed by atoms with E-state index in [1.165, 1.54) is 6.20 Å². The fourth-order valence-electron chi connectivity index (χ4n) is 3.66. The van der Waals surface area contributed by atoms with Crippen molar-refractivity contribution in [2.24, 2.45) is 0 Å². The van der Waals surface area contributed by atoms with E-state index in [-0.39, 0.29) is 31.7 Å². The van der Waals surface area contributed by atoms with Crippen LogP contribution in [0.25, 0.3) is 0 Å². The molecule has 0 radical (unpaired) electrons. The van der Waals surface area contributed by atoms with Gasteiger partial charge in [-0.05, 0) is 44.4 Å². The van der Waals surface area contributed by atoms with Crippen molar-refractivity contribution in [2.75, 3.05) is 4.90 Å². The first kappa shape index (κ1) is 25.7. The summed E-state index contributed by atoms with van der Waals surface area (Å²) in [5.41, 5.74) is 0.591. The highest BCUT2D eigenvalue weighted by Gasteiger charge is 2.42. The van der Waals surface area contributed by atoms with Crippen LogP contribution in [-0.4, -0.2) is 51.7 Å². The zero-order valence-electron chi connectivity index (χ0n) is 19.9. The van der Waals surface area contributed by atoms with Crippen molar-refractivity contribution < 1.29 is 33.8 Å². The quantitative estimate of drug-likeness (QED) is 0.547. The molecule has 1 unspecified atom stereocenters. The second-order valence-corrected chi connectivity index (χ2v) is 9.14.